The normalized spacial score (nSPS) is 18.3. The van der Waals surface area contributed by atoms with E-state index >= 15 is 0 Å². The van der Waals surface area contributed by atoms with Gasteiger partial charge < -0.3 is 9.42 Å². The highest BCUT2D eigenvalue weighted by molar-refractivity contribution is 5.80. The van der Waals surface area contributed by atoms with Crippen LogP contribution in [0.4, 0.5) is 4.39 Å². The Morgan fingerprint density at radius 3 is 2.62 bits per heavy atom. The predicted octanol–water partition coefficient (Wildman–Crippen LogP) is 3.95. The SMILES string of the molecule is CC(c1ccccc1)N1CC(c2nc(-c3ccc(F)cc3)no2)CC1=O. The Morgan fingerprint density at radius 2 is 1.88 bits per heavy atom. The maximum absolute atomic E-state index is 13.0. The summed E-state index contributed by atoms with van der Waals surface area (Å²) in [5.74, 6) is 0.482. The van der Waals surface area contributed by atoms with Crippen LogP contribution in [0.2, 0.25) is 0 Å². The number of amides is 1. The molecule has 1 aromatic heterocycles. The van der Waals surface area contributed by atoms with E-state index < -0.39 is 0 Å². The van der Waals surface area contributed by atoms with Crippen LogP contribution in [0.1, 0.15) is 36.8 Å². The maximum Gasteiger partial charge on any atom is 0.232 e. The van der Waals surface area contributed by atoms with E-state index in [0.717, 1.165) is 5.56 Å². The number of rotatable bonds is 4. The summed E-state index contributed by atoms with van der Waals surface area (Å²) in [7, 11) is 0. The topological polar surface area (TPSA) is 59.2 Å². The monoisotopic (exact) mass is 351 g/mol. The number of halogens is 1. The zero-order chi connectivity index (χ0) is 18.1. The molecule has 5 nitrogen and oxygen atoms in total. The molecule has 2 atom stereocenters. The second-order valence-electron chi connectivity index (χ2n) is 6.50. The summed E-state index contributed by atoms with van der Waals surface area (Å²) in [6.07, 6.45) is 0.349. The molecule has 2 heterocycles. The van der Waals surface area contributed by atoms with E-state index in [1.54, 1.807) is 12.1 Å². The highest BCUT2D eigenvalue weighted by Crippen LogP contribution is 2.33. The van der Waals surface area contributed by atoms with Crippen molar-refractivity contribution < 1.29 is 13.7 Å². The molecule has 0 N–H and O–H groups in total. The molecule has 26 heavy (non-hydrogen) atoms. The van der Waals surface area contributed by atoms with Crippen molar-refractivity contribution in [3.8, 4) is 11.4 Å². The summed E-state index contributed by atoms with van der Waals surface area (Å²) in [5, 5.41) is 3.98. The van der Waals surface area contributed by atoms with E-state index in [4.69, 9.17) is 4.52 Å². The van der Waals surface area contributed by atoms with Gasteiger partial charge in [-0.25, -0.2) is 4.39 Å². The Hall–Kier alpha value is -3.02. The third-order valence-corrected chi connectivity index (χ3v) is 4.80. The van der Waals surface area contributed by atoms with Crippen molar-refractivity contribution in [3.05, 3.63) is 71.9 Å². The fourth-order valence-corrected chi connectivity index (χ4v) is 3.30. The summed E-state index contributed by atoms with van der Waals surface area (Å²) in [4.78, 5) is 18.7. The first-order valence-electron chi connectivity index (χ1n) is 8.56. The number of hydrogen-bond acceptors (Lipinski definition) is 4. The fraction of sp³-hybridized carbons (Fsp3) is 0.250. The molecule has 0 radical (unpaired) electrons. The van der Waals surface area contributed by atoms with E-state index in [9.17, 15) is 9.18 Å². The molecule has 0 aliphatic carbocycles. The lowest BCUT2D eigenvalue weighted by Crippen LogP contribution is -2.28. The van der Waals surface area contributed by atoms with Crippen LogP contribution in [-0.4, -0.2) is 27.5 Å². The molecular formula is C20H18FN3O2. The Morgan fingerprint density at radius 1 is 1.15 bits per heavy atom. The van der Waals surface area contributed by atoms with Gasteiger partial charge >= 0.3 is 0 Å². The van der Waals surface area contributed by atoms with Crippen LogP contribution in [0, 0.1) is 5.82 Å². The molecule has 4 rings (SSSR count). The van der Waals surface area contributed by atoms with Gasteiger partial charge in [-0.2, -0.15) is 4.98 Å². The second kappa shape index (κ2) is 6.71. The van der Waals surface area contributed by atoms with Crippen molar-refractivity contribution in [2.24, 2.45) is 0 Å². The minimum absolute atomic E-state index is 0.00631. The lowest BCUT2D eigenvalue weighted by molar-refractivity contribution is -0.129. The predicted molar refractivity (Wildman–Crippen MR) is 93.6 cm³/mol. The molecule has 1 aliphatic heterocycles. The van der Waals surface area contributed by atoms with E-state index in [2.05, 4.69) is 10.1 Å². The first kappa shape index (κ1) is 16.4. The number of hydrogen-bond donors (Lipinski definition) is 0. The minimum atomic E-state index is -0.315. The molecule has 2 unspecified atom stereocenters. The van der Waals surface area contributed by atoms with Crippen molar-refractivity contribution in [3.63, 3.8) is 0 Å². The molecule has 0 saturated carbocycles. The number of carbonyl (C=O) groups excluding carboxylic acids is 1. The lowest BCUT2D eigenvalue weighted by atomic mass is 10.1. The van der Waals surface area contributed by atoms with Crippen molar-refractivity contribution in [2.45, 2.75) is 25.3 Å². The van der Waals surface area contributed by atoms with Gasteiger partial charge in [-0.05, 0) is 36.8 Å². The average Bonchev–Trinajstić information content (AvgIpc) is 3.29. The molecule has 0 bridgehead atoms. The van der Waals surface area contributed by atoms with Crippen molar-refractivity contribution in [2.75, 3.05) is 6.54 Å². The average molecular weight is 351 g/mol. The van der Waals surface area contributed by atoms with E-state index in [1.165, 1.54) is 12.1 Å². The highest BCUT2D eigenvalue weighted by atomic mass is 19.1. The maximum atomic E-state index is 13.0. The summed E-state index contributed by atoms with van der Waals surface area (Å²) >= 11 is 0. The summed E-state index contributed by atoms with van der Waals surface area (Å²) in [5.41, 5.74) is 1.78. The van der Waals surface area contributed by atoms with Crippen LogP contribution in [0.25, 0.3) is 11.4 Å². The Balaban J connectivity index is 1.51. The van der Waals surface area contributed by atoms with Crippen LogP contribution >= 0.6 is 0 Å². The molecule has 132 valence electrons. The molecule has 2 aromatic carbocycles. The number of carbonyl (C=O) groups is 1. The van der Waals surface area contributed by atoms with Crippen molar-refractivity contribution in [1.29, 1.82) is 0 Å². The third-order valence-electron chi connectivity index (χ3n) is 4.80. The van der Waals surface area contributed by atoms with E-state index in [-0.39, 0.29) is 23.7 Å². The molecule has 1 aliphatic rings. The van der Waals surface area contributed by atoms with Gasteiger partial charge in [0.1, 0.15) is 5.82 Å². The van der Waals surface area contributed by atoms with Gasteiger partial charge in [0.05, 0.1) is 12.0 Å². The number of likely N-dealkylation sites (tertiary alicyclic amines) is 1. The molecule has 6 heteroatoms. The first-order valence-corrected chi connectivity index (χ1v) is 8.56. The van der Waals surface area contributed by atoms with Gasteiger partial charge in [0.15, 0.2) is 0 Å². The Labute approximate surface area is 150 Å². The molecule has 1 fully saturated rings. The zero-order valence-electron chi connectivity index (χ0n) is 14.3. The standard InChI is InChI=1S/C20H18FN3O2/c1-13(14-5-3-2-4-6-14)24-12-16(11-18(24)25)20-22-19(23-26-20)15-7-9-17(21)10-8-15/h2-10,13,16H,11-12H2,1H3. The van der Waals surface area contributed by atoms with Crippen molar-refractivity contribution in [1.82, 2.24) is 15.0 Å². The van der Waals surface area contributed by atoms with Crippen LogP contribution in [0.15, 0.2) is 59.1 Å². The van der Waals surface area contributed by atoms with E-state index in [1.807, 2.05) is 42.2 Å². The first-order chi connectivity index (χ1) is 12.6. The summed E-state index contributed by atoms with van der Waals surface area (Å²) < 4.78 is 18.4. The van der Waals surface area contributed by atoms with Gasteiger partial charge in [-0.1, -0.05) is 35.5 Å². The van der Waals surface area contributed by atoms with Crippen LogP contribution < -0.4 is 0 Å². The Bertz CT molecular complexity index is 908. The van der Waals surface area contributed by atoms with Crippen LogP contribution in [-0.2, 0) is 4.79 Å². The largest absolute Gasteiger partial charge is 0.339 e. The quantitative estimate of drug-likeness (QED) is 0.714. The van der Waals surface area contributed by atoms with Crippen molar-refractivity contribution >= 4 is 5.91 Å². The second-order valence-corrected chi connectivity index (χ2v) is 6.50. The van der Waals surface area contributed by atoms with Gasteiger partial charge in [-0.3, -0.25) is 4.79 Å². The van der Waals surface area contributed by atoms with E-state index in [0.29, 0.717) is 30.2 Å². The molecule has 1 amide bonds. The summed E-state index contributed by atoms with van der Waals surface area (Å²) in [6.45, 7) is 2.56. The lowest BCUT2D eigenvalue weighted by Gasteiger charge is -2.24. The number of aromatic nitrogens is 2. The third kappa shape index (κ3) is 3.10. The molecule has 1 saturated heterocycles. The zero-order valence-corrected chi connectivity index (χ0v) is 14.3. The number of benzene rings is 2. The Kier molecular flexibility index (Phi) is 4.24. The molecular weight excluding hydrogens is 333 g/mol. The van der Waals surface area contributed by atoms with Crippen LogP contribution in [0.3, 0.4) is 0 Å². The molecule has 3 aromatic rings. The number of nitrogens with zero attached hydrogens (tertiary/aromatic N) is 3. The highest BCUT2D eigenvalue weighted by Gasteiger charge is 2.37. The van der Waals surface area contributed by atoms with Crippen LogP contribution in [0.5, 0.6) is 0 Å². The van der Waals surface area contributed by atoms with Gasteiger partial charge in [-0.15, -0.1) is 0 Å². The van der Waals surface area contributed by atoms with Gasteiger partial charge in [0.25, 0.3) is 0 Å². The van der Waals surface area contributed by atoms with Gasteiger partial charge in [0.2, 0.25) is 17.6 Å². The smallest absolute Gasteiger partial charge is 0.232 e. The summed E-state index contributed by atoms with van der Waals surface area (Å²) in [6, 6.07) is 15.8. The fourth-order valence-electron chi connectivity index (χ4n) is 3.30. The molecule has 0 spiro atoms. The van der Waals surface area contributed by atoms with Gasteiger partial charge in [0, 0.05) is 18.5 Å². The minimum Gasteiger partial charge on any atom is -0.339 e.